The maximum atomic E-state index is 13.5. The Morgan fingerprint density at radius 3 is 2.07 bits per heavy atom. The largest absolute Gasteiger partial charge is 0.399 e. The maximum Gasteiger partial charge on any atom is 0.131 e. The smallest absolute Gasteiger partial charge is 0.131 e. The van der Waals surface area contributed by atoms with E-state index in [9.17, 15) is 4.39 Å². The molecule has 0 saturated heterocycles. The lowest BCUT2D eigenvalue weighted by atomic mass is 10.0. The zero-order valence-electron chi connectivity index (χ0n) is 8.07. The number of hydrogen-bond acceptors (Lipinski definition) is 2. The molecule has 0 fully saturated rings. The van der Waals surface area contributed by atoms with Crippen molar-refractivity contribution in [2.24, 2.45) is 0 Å². The van der Waals surface area contributed by atoms with Crippen LogP contribution in [0.4, 0.5) is 15.8 Å². The van der Waals surface area contributed by atoms with Crippen molar-refractivity contribution in [1.29, 1.82) is 0 Å². The third-order valence-electron chi connectivity index (χ3n) is 2.21. The molecule has 0 atom stereocenters. The summed E-state index contributed by atoms with van der Waals surface area (Å²) in [5.74, 6) is -0.283. The quantitative estimate of drug-likeness (QED) is 0.698. The Hall–Kier alpha value is -2.03. The van der Waals surface area contributed by atoms with Gasteiger partial charge in [0.1, 0.15) is 5.82 Å². The highest BCUT2D eigenvalue weighted by Gasteiger charge is 2.04. The Labute approximate surface area is 87.3 Å². The highest BCUT2D eigenvalue weighted by molar-refractivity contribution is 5.69. The van der Waals surface area contributed by atoms with E-state index in [1.54, 1.807) is 30.3 Å². The van der Waals surface area contributed by atoms with Crippen LogP contribution in [-0.2, 0) is 0 Å². The fourth-order valence-electron chi connectivity index (χ4n) is 1.43. The van der Waals surface area contributed by atoms with E-state index in [1.807, 2.05) is 0 Å². The fraction of sp³-hybridized carbons (Fsp3) is 0. The zero-order valence-corrected chi connectivity index (χ0v) is 8.07. The summed E-state index contributed by atoms with van der Waals surface area (Å²) in [5, 5.41) is 0. The minimum Gasteiger partial charge on any atom is -0.399 e. The molecule has 4 N–H and O–H groups in total. The van der Waals surface area contributed by atoms with Crippen LogP contribution in [0.5, 0.6) is 0 Å². The monoisotopic (exact) mass is 202 g/mol. The van der Waals surface area contributed by atoms with Crippen molar-refractivity contribution in [3.8, 4) is 11.1 Å². The molecule has 0 amide bonds. The summed E-state index contributed by atoms with van der Waals surface area (Å²) in [6.45, 7) is 0. The number of anilines is 2. The molecule has 2 aromatic rings. The third kappa shape index (κ3) is 1.91. The second-order valence-electron chi connectivity index (χ2n) is 3.36. The van der Waals surface area contributed by atoms with Crippen molar-refractivity contribution < 1.29 is 4.39 Å². The Morgan fingerprint density at radius 1 is 0.800 bits per heavy atom. The molecule has 0 bridgehead atoms. The first-order valence-electron chi connectivity index (χ1n) is 4.58. The first-order valence-corrected chi connectivity index (χ1v) is 4.58. The van der Waals surface area contributed by atoms with Gasteiger partial charge in [-0.05, 0) is 35.9 Å². The van der Waals surface area contributed by atoms with Crippen LogP contribution in [0.25, 0.3) is 11.1 Å². The summed E-state index contributed by atoms with van der Waals surface area (Å²) in [6, 6.07) is 11.5. The lowest BCUT2D eigenvalue weighted by Gasteiger charge is -2.04. The van der Waals surface area contributed by atoms with Crippen molar-refractivity contribution >= 4 is 11.4 Å². The molecule has 2 nitrogen and oxygen atoms in total. The van der Waals surface area contributed by atoms with Gasteiger partial charge in [0.2, 0.25) is 0 Å². The molecule has 0 radical (unpaired) electrons. The van der Waals surface area contributed by atoms with E-state index in [2.05, 4.69) is 0 Å². The summed E-state index contributed by atoms with van der Waals surface area (Å²) in [5.41, 5.74) is 13.6. The lowest BCUT2D eigenvalue weighted by molar-refractivity contribution is 0.631. The van der Waals surface area contributed by atoms with Crippen LogP contribution in [0, 0.1) is 5.82 Å². The SMILES string of the molecule is Nc1ccc(-c2cc(N)ccc2F)cc1. The molecular weight excluding hydrogens is 191 g/mol. The maximum absolute atomic E-state index is 13.5. The topological polar surface area (TPSA) is 52.0 Å². The number of nitrogens with two attached hydrogens (primary N) is 2. The molecule has 2 rings (SSSR count). The fourth-order valence-corrected chi connectivity index (χ4v) is 1.43. The van der Waals surface area contributed by atoms with Crippen molar-refractivity contribution in [2.45, 2.75) is 0 Å². The minimum absolute atomic E-state index is 0.283. The molecule has 2 aromatic carbocycles. The van der Waals surface area contributed by atoms with E-state index >= 15 is 0 Å². The summed E-state index contributed by atoms with van der Waals surface area (Å²) >= 11 is 0. The van der Waals surface area contributed by atoms with E-state index in [0.29, 0.717) is 16.9 Å². The van der Waals surface area contributed by atoms with Gasteiger partial charge in [0, 0.05) is 16.9 Å². The molecule has 15 heavy (non-hydrogen) atoms. The summed E-state index contributed by atoms with van der Waals surface area (Å²) in [7, 11) is 0. The summed E-state index contributed by atoms with van der Waals surface area (Å²) in [6.07, 6.45) is 0. The second-order valence-corrected chi connectivity index (χ2v) is 3.36. The van der Waals surface area contributed by atoms with Gasteiger partial charge in [0.15, 0.2) is 0 Å². The van der Waals surface area contributed by atoms with E-state index in [4.69, 9.17) is 11.5 Å². The van der Waals surface area contributed by atoms with Gasteiger partial charge in [-0.15, -0.1) is 0 Å². The van der Waals surface area contributed by atoms with Gasteiger partial charge in [-0.1, -0.05) is 12.1 Å². The highest BCUT2D eigenvalue weighted by atomic mass is 19.1. The molecule has 0 spiro atoms. The van der Waals surface area contributed by atoms with Crippen LogP contribution in [-0.4, -0.2) is 0 Å². The van der Waals surface area contributed by atoms with E-state index in [-0.39, 0.29) is 5.82 Å². The van der Waals surface area contributed by atoms with Crippen molar-refractivity contribution in [3.63, 3.8) is 0 Å². The summed E-state index contributed by atoms with van der Waals surface area (Å²) in [4.78, 5) is 0. The molecule has 0 unspecified atom stereocenters. The second kappa shape index (κ2) is 3.61. The molecule has 0 aliphatic carbocycles. The van der Waals surface area contributed by atoms with Gasteiger partial charge in [-0.3, -0.25) is 0 Å². The van der Waals surface area contributed by atoms with E-state index in [1.165, 1.54) is 12.1 Å². The average Bonchev–Trinajstić information content (AvgIpc) is 2.23. The van der Waals surface area contributed by atoms with E-state index in [0.717, 1.165) is 5.56 Å². The van der Waals surface area contributed by atoms with Crippen molar-refractivity contribution in [3.05, 3.63) is 48.3 Å². The van der Waals surface area contributed by atoms with Gasteiger partial charge < -0.3 is 11.5 Å². The Balaban J connectivity index is 2.53. The first kappa shape index (κ1) is 9.52. The zero-order chi connectivity index (χ0) is 10.8. The van der Waals surface area contributed by atoms with Crippen LogP contribution in [0.2, 0.25) is 0 Å². The normalized spacial score (nSPS) is 10.2. The van der Waals surface area contributed by atoms with Gasteiger partial charge in [0.25, 0.3) is 0 Å². The van der Waals surface area contributed by atoms with Crippen LogP contribution in [0.1, 0.15) is 0 Å². The highest BCUT2D eigenvalue weighted by Crippen LogP contribution is 2.25. The third-order valence-corrected chi connectivity index (χ3v) is 2.21. The number of benzene rings is 2. The van der Waals surface area contributed by atoms with Crippen LogP contribution < -0.4 is 11.5 Å². The van der Waals surface area contributed by atoms with Crippen LogP contribution in [0.15, 0.2) is 42.5 Å². The standard InChI is InChI=1S/C12H11FN2/c13-12-6-5-10(15)7-11(12)8-1-3-9(14)4-2-8/h1-7H,14-15H2. The minimum atomic E-state index is -0.283. The van der Waals surface area contributed by atoms with Crippen LogP contribution in [0.3, 0.4) is 0 Å². The van der Waals surface area contributed by atoms with Gasteiger partial charge in [-0.2, -0.15) is 0 Å². The molecule has 0 heterocycles. The van der Waals surface area contributed by atoms with E-state index < -0.39 is 0 Å². The summed E-state index contributed by atoms with van der Waals surface area (Å²) < 4.78 is 13.5. The Kier molecular flexibility index (Phi) is 2.29. The van der Waals surface area contributed by atoms with Crippen molar-refractivity contribution in [1.82, 2.24) is 0 Å². The first-order chi connectivity index (χ1) is 7.16. The number of halogens is 1. The molecule has 3 heteroatoms. The number of hydrogen-bond donors (Lipinski definition) is 2. The number of nitrogen functional groups attached to an aromatic ring is 2. The Bertz CT molecular complexity index is 477. The lowest BCUT2D eigenvalue weighted by Crippen LogP contribution is -1.90. The van der Waals surface area contributed by atoms with Crippen LogP contribution >= 0.6 is 0 Å². The molecule has 0 aromatic heterocycles. The number of rotatable bonds is 1. The predicted octanol–water partition coefficient (Wildman–Crippen LogP) is 2.66. The average molecular weight is 202 g/mol. The molecule has 0 saturated carbocycles. The van der Waals surface area contributed by atoms with Gasteiger partial charge >= 0.3 is 0 Å². The molecule has 76 valence electrons. The molecule has 0 aliphatic rings. The van der Waals surface area contributed by atoms with Crippen molar-refractivity contribution in [2.75, 3.05) is 11.5 Å². The Morgan fingerprint density at radius 2 is 1.40 bits per heavy atom. The molecular formula is C12H11FN2. The van der Waals surface area contributed by atoms with Gasteiger partial charge in [0.05, 0.1) is 0 Å². The molecule has 0 aliphatic heterocycles. The van der Waals surface area contributed by atoms with Gasteiger partial charge in [-0.25, -0.2) is 4.39 Å². The predicted molar refractivity (Wildman–Crippen MR) is 60.7 cm³/mol.